The number of rotatable bonds is 6. The molecule has 88 valence electrons. The molecule has 1 fully saturated rings. The smallest absolute Gasteiger partial charge is 0.0572 e. The van der Waals surface area contributed by atoms with Gasteiger partial charge in [0, 0.05) is 5.54 Å². The first-order valence-electron chi connectivity index (χ1n) is 6.08. The van der Waals surface area contributed by atoms with Crippen LogP contribution >= 0.6 is 0 Å². The molecule has 15 heavy (non-hydrogen) atoms. The average molecular weight is 211 g/mol. The highest BCUT2D eigenvalue weighted by molar-refractivity contribution is 5.09. The Bertz CT molecular complexity index is 193. The van der Waals surface area contributed by atoms with E-state index in [0.717, 1.165) is 13.1 Å². The first-order valence-corrected chi connectivity index (χ1v) is 6.08. The molecular formula is C12H25N3. The molecule has 0 spiro atoms. The third kappa shape index (κ3) is 2.25. The summed E-state index contributed by atoms with van der Waals surface area (Å²) in [6.07, 6.45) is 7.04. The summed E-state index contributed by atoms with van der Waals surface area (Å²) in [5.74, 6) is 5.65. The summed E-state index contributed by atoms with van der Waals surface area (Å²) in [6.45, 7) is 10.5. The molecule has 0 aliphatic heterocycles. The SMILES string of the molecule is C=CC(NN)C1(N(CC)CC)CCCC1. The van der Waals surface area contributed by atoms with Crippen LogP contribution in [0.4, 0.5) is 0 Å². The van der Waals surface area contributed by atoms with Crippen LogP contribution in [-0.2, 0) is 0 Å². The van der Waals surface area contributed by atoms with Crippen molar-refractivity contribution in [1.29, 1.82) is 0 Å². The van der Waals surface area contributed by atoms with Gasteiger partial charge in [-0.2, -0.15) is 0 Å². The van der Waals surface area contributed by atoms with Crippen LogP contribution in [0, 0.1) is 0 Å². The number of hydrogen-bond donors (Lipinski definition) is 2. The van der Waals surface area contributed by atoms with Gasteiger partial charge in [-0.15, -0.1) is 6.58 Å². The quantitative estimate of drug-likeness (QED) is 0.399. The van der Waals surface area contributed by atoms with Crippen molar-refractivity contribution in [3.05, 3.63) is 12.7 Å². The van der Waals surface area contributed by atoms with E-state index < -0.39 is 0 Å². The van der Waals surface area contributed by atoms with E-state index in [2.05, 4.69) is 30.8 Å². The van der Waals surface area contributed by atoms with Crippen molar-refractivity contribution in [2.45, 2.75) is 51.1 Å². The predicted octanol–water partition coefficient (Wildman–Crippen LogP) is 1.66. The van der Waals surface area contributed by atoms with Gasteiger partial charge in [-0.25, -0.2) is 0 Å². The van der Waals surface area contributed by atoms with Crippen LogP contribution in [0.3, 0.4) is 0 Å². The molecule has 0 heterocycles. The van der Waals surface area contributed by atoms with Gasteiger partial charge in [-0.1, -0.05) is 32.8 Å². The van der Waals surface area contributed by atoms with Crippen molar-refractivity contribution in [1.82, 2.24) is 10.3 Å². The number of hydrazine groups is 1. The van der Waals surface area contributed by atoms with Crippen LogP contribution in [-0.4, -0.2) is 29.6 Å². The van der Waals surface area contributed by atoms with E-state index in [0.29, 0.717) is 0 Å². The van der Waals surface area contributed by atoms with Gasteiger partial charge in [-0.05, 0) is 25.9 Å². The van der Waals surface area contributed by atoms with Crippen molar-refractivity contribution in [3.63, 3.8) is 0 Å². The summed E-state index contributed by atoms with van der Waals surface area (Å²) in [7, 11) is 0. The minimum atomic E-state index is 0.208. The van der Waals surface area contributed by atoms with Gasteiger partial charge in [0.05, 0.1) is 6.04 Å². The first kappa shape index (κ1) is 12.7. The fraction of sp³-hybridized carbons (Fsp3) is 0.833. The van der Waals surface area contributed by atoms with Crippen LogP contribution in [0.15, 0.2) is 12.7 Å². The Morgan fingerprint density at radius 3 is 2.27 bits per heavy atom. The topological polar surface area (TPSA) is 41.3 Å². The maximum Gasteiger partial charge on any atom is 0.0572 e. The molecule has 1 saturated carbocycles. The monoisotopic (exact) mass is 211 g/mol. The van der Waals surface area contributed by atoms with Crippen molar-refractivity contribution in [3.8, 4) is 0 Å². The molecule has 3 N–H and O–H groups in total. The zero-order chi connectivity index (χ0) is 11.3. The second-order valence-corrected chi connectivity index (χ2v) is 4.36. The van der Waals surface area contributed by atoms with E-state index >= 15 is 0 Å². The molecule has 1 atom stereocenters. The van der Waals surface area contributed by atoms with E-state index in [1.165, 1.54) is 25.7 Å². The zero-order valence-corrected chi connectivity index (χ0v) is 10.1. The zero-order valence-electron chi connectivity index (χ0n) is 10.1. The second-order valence-electron chi connectivity index (χ2n) is 4.36. The van der Waals surface area contributed by atoms with Crippen molar-refractivity contribution < 1.29 is 0 Å². The number of nitrogens with two attached hydrogens (primary N) is 1. The molecule has 0 saturated heterocycles. The summed E-state index contributed by atoms with van der Waals surface area (Å²) < 4.78 is 0. The lowest BCUT2D eigenvalue weighted by Crippen LogP contribution is -2.60. The number of likely N-dealkylation sites (N-methyl/N-ethyl adjacent to an activating group) is 1. The third-order valence-corrected chi connectivity index (χ3v) is 3.86. The van der Waals surface area contributed by atoms with Crippen LogP contribution in [0.1, 0.15) is 39.5 Å². The van der Waals surface area contributed by atoms with Crippen LogP contribution in [0.2, 0.25) is 0 Å². The highest BCUT2D eigenvalue weighted by Crippen LogP contribution is 2.38. The molecule has 1 unspecified atom stereocenters. The first-order chi connectivity index (χ1) is 7.25. The van der Waals surface area contributed by atoms with Crippen molar-refractivity contribution in [2.24, 2.45) is 5.84 Å². The molecule has 3 nitrogen and oxygen atoms in total. The van der Waals surface area contributed by atoms with E-state index in [1.807, 2.05) is 6.08 Å². The van der Waals surface area contributed by atoms with Crippen molar-refractivity contribution >= 4 is 0 Å². The second kappa shape index (κ2) is 5.64. The molecule has 0 radical (unpaired) electrons. The standard InChI is InChI=1S/C12H25N3/c1-4-11(14-13)12(9-7-8-10-12)15(5-2)6-3/h4,11,14H,1,5-10,13H2,2-3H3. The summed E-state index contributed by atoms with van der Waals surface area (Å²) in [5.41, 5.74) is 3.13. The maximum atomic E-state index is 5.65. The molecule has 0 amide bonds. The number of hydrogen-bond acceptors (Lipinski definition) is 3. The van der Waals surface area contributed by atoms with Gasteiger partial charge in [0.2, 0.25) is 0 Å². The lowest BCUT2D eigenvalue weighted by molar-refractivity contribution is 0.0793. The normalized spacial score (nSPS) is 21.9. The van der Waals surface area contributed by atoms with Gasteiger partial charge in [0.15, 0.2) is 0 Å². The molecule has 3 heteroatoms. The molecule has 1 rings (SSSR count). The molecular weight excluding hydrogens is 186 g/mol. The minimum Gasteiger partial charge on any atom is -0.296 e. The Labute approximate surface area is 93.7 Å². The van der Waals surface area contributed by atoms with Gasteiger partial charge < -0.3 is 0 Å². The van der Waals surface area contributed by atoms with E-state index in [4.69, 9.17) is 5.84 Å². The van der Waals surface area contributed by atoms with Crippen LogP contribution in [0.5, 0.6) is 0 Å². The highest BCUT2D eigenvalue weighted by atomic mass is 15.3. The fourth-order valence-electron chi connectivity index (χ4n) is 3.11. The Hall–Kier alpha value is -0.380. The fourth-order valence-corrected chi connectivity index (χ4v) is 3.11. The van der Waals surface area contributed by atoms with Gasteiger partial charge in [0.1, 0.15) is 0 Å². The lowest BCUT2D eigenvalue weighted by atomic mass is 9.86. The molecule has 1 aliphatic carbocycles. The lowest BCUT2D eigenvalue weighted by Gasteiger charge is -2.44. The Kier molecular flexibility index (Phi) is 4.77. The maximum absolute atomic E-state index is 5.65. The van der Waals surface area contributed by atoms with Gasteiger partial charge in [-0.3, -0.25) is 16.2 Å². The third-order valence-electron chi connectivity index (χ3n) is 3.86. The molecule has 0 aromatic carbocycles. The molecule has 0 aromatic rings. The Morgan fingerprint density at radius 1 is 1.40 bits per heavy atom. The minimum absolute atomic E-state index is 0.208. The van der Waals surface area contributed by atoms with E-state index in [-0.39, 0.29) is 11.6 Å². The van der Waals surface area contributed by atoms with Crippen molar-refractivity contribution in [2.75, 3.05) is 13.1 Å². The summed E-state index contributed by atoms with van der Waals surface area (Å²) >= 11 is 0. The molecule has 1 aliphatic rings. The molecule has 0 bridgehead atoms. The number of nitrogens with zero attached hydrogens (tertiary/aromatic N) is 1. The largest absolute Gasteiger partial charge is 0.296 e. The van der Waals surface area contributed by atoms with E-state index in [9.17, 15) is 0 Å². The predicted molar refractivity (Wildman–Crippen MR) is 65.4 cm³/mol. The Balaban J connectivity index is 2.89. The summed E-state index contributed by atoms with van der Waals surface area (Å²) in [5, 5.41) is 0. The summed E-state index contributed by atoms with van der Waals surface area (Å²) in [6, 6.07) is 0.208. The number of nitrogens with one attached hydrogen (secondary N) is 1. The summed E-state index contributed by atoms with van der Waals surface area (Å²) in [4.78, 5) is 2.53. The average Bonchev–Trinajstić information content (AvgIpc) is 2.72. The van der Waals surface area contributed by atoms with Crippen LogP contribution in [0.25, 0.3) is 0 Å². The van der Waals surface area contributed by atoms with E-state index in [1.54, 1.807) is 0 Å². The van der Waals surface area contributed by atoms with Crippen LogP contribution < -0.4 is 11.3 Å². The Morgan fingerprint density at radius 2 is 1.93 bits per heavy atom. The molecule has 0 aromatic heterocycles. The van der Waals surface area contributed by atoms with Gasteiger partial charge >= 0.3 is 0 Å². The van der Waals surface area contributed by atoms with Gasteiger partial charge in [0.25, 0.3) is 0 Å². The highest BCUT2D eigenvalue weighted by Gasteiger charge is 2.43.